The summed E-state index contributed by atoms with van der Waals surface area (Å²) in [7, 11) is -9.43. The molecular formula is C52H42N4Na2O6S2. The number of rotatable bonds is 6. The summed E-state index contributed by atoms with van der Waals surface area (Å²) >= 11 is 0. The fourth-order valence-corrected chi connectivity index (χ4v) is 9.49. The van der Waals surface area contributed by atoms with Gasteiger partial charge in [-0.25, -0.2) is 16.8 Å². The molecule has 0 radical (unpaired) electrons. The number of fused-ring (bicyclic) bond motifs is 6. The van der Waals surface area contributed by atoms with Crippen molar-refractivity contribution in [1.29, 1.82) is 0 Å². The second-order valence-corrected chi connectivity index (χ2v) is 19.9. The Morgan fingerprint density at radius 2 is 0.742 bits per heavy atom. The van der Waals surface area contributed by atoms with Gasteiger partial charge in [-0.2, -0.15) is 0 Å². The quantitative estimate of drug-likeness (QED) is 0.177. The maximum Gasteiger partial charge on any atom is 1.00 e. The van der Waals surface area contributed by atoms with Crippen LogP contribution in [-0.2, 0) is 20.2 Å². The summed E-state index contributed by atoms with van der Waals surface area (Å²) in [6.45, 7) is 6.61. The van der Waals surface area contributed by atoms with Gasteiger partial charge in [0.15, 0.2) is 0 Å². The van der Waals surface area contributed by atoms with E-state index in [1.165, 1.54) is 26.0 Å². The minimum absolute atomic E-state index is 0. The molecule has 2 aromatic heterocycles. The average molecular weight is 929 g/mol. The van der Waals surface area contributed by atoms with Crippen molar-refractivity contribution in [2.24, 2.45) is 0 Å². The van der Waals surface area contributed by atoms with E-state index in [2.05, 4.69) is 10.6 Å². The van der Waals surface area contributed by atoms with Crippen molar-refractivity contribution < 1.29 is 85.1 Å². The molecule has 2 aliphatic rings. The number of hydrogen-bond acceptors (Lipinski definition) is 10. The van der Waals surface area contributed by atoms with Gasteiger partial charge in [-0.05, 0) is 96.5 Å². The van der Waals surface area contributed by atoms with Gasteiger partial charge in [0, 0.05) is 33.3 Å². The van der Waals surface area contributed by atoms with E-state index in [0.29, 0.717) is 33.6 Å². The van der Waals surface area contributed by atoms with Gasteiger partial charge >= 0.3 is 59.1 Å². The Kier molecular flexibility index (Phi) is 14.1. The molecular weight excluding hydrogens is 887 g/mol. The average Bonchev–Trinajstić information content (AvgIpc) is 3.28. The normalized spacial score (nSPS) is 17.5. The molecule has 0 saturated heterocycles. The van der Waals surface area contributed by atoms with Crippen LogP contribution in [0.3, 0.4) is 0 Å². The zero-order valence-corrected chi connectivity index (χ0v) is 43.0. The predicted octanol–water partition coefficient (Wildman–Crippen LogP) is 4.67. The fraction of sp³-hybridized carbons (Fsp3) is 0.115. The van der Waals surface area contributed by atoms with Crippen LogP contribution in [0.25, 0.3) is 55.2 Å². The molecule has 6 aromatic carbocycles. The van der Waals surface area contributed by atoms with E-state index in [1.807, 2.05) is 172 Å². The number of nitrogens with one attached hydrogen (secondary N) is 2. The number of hydrogen-bond donors (Lipinski definition) is 2. The van der Waals surface area contributed by atoms with Crippen molar-refractivity contribution >= 4 is 64.6 Å². The fourth-order valence-electron chi connectivity index (χ4n) is 8.51. The number of pyridine rings is 2. The molecule has 0 bridgehead atoms. The Morgan fingerprint density at radius 1 is 0.439 bits per heavy atom. The Bertz CT molecular complexity index is 3200. The van der Waals surface area contributed by atoms with Gasteiger partial charge in [-0.1, -0.05) is 146 Å². The van der Waals surface area contributed by atoms with E-state index in [1.54, 1.807) is 0 Å². The summed E-state index contributed by atoms with van der Waals surface area (Å²) in [6.07, 6.45) is 3.01. The van der Waals surface area contributed by atoms with E-state index in [0.717, 1.165) is 66.7 Å². The Morgan fingerprint density at radius 3 is 1.05 bits per heavy atom. The van der Waals surface area contributed by atoms with E-state index in [4.69, 9.17) is 9.97 Å². The summed E-state index contributed by atoms with van der Waals surface area (Å²) in [5.41, 5.74) is 12.7. The van der Waals surface area contributed by atoms with Crippen molar-refractivity contribution in [2.45, 2.75) is 37.4 Å². The van der Waals surface area contributed by atoms with Crippen molar-refractivity contribution in [1.82, 2.24) is 9.97 Å². The van der Waals surface area contributed by atoms with Crippen LogP contribution in [0.15, 0.2) is 170 Å². The monoisotopic (exact) mass is 928 g/mol. The number of aromatic nitrogens is 2. The third-order valence-corrected chi connectivity index (χ3v) is 14.3. The molecule has 4 heterocycles. The third-order valence-electron chi connectivity index (χ3n) is 11.8. The predicted molar refractivity (Wildman–Crippen MR) is 254 cm³/mol. The van der Waals surface area contributed by atoms with Crippen LogP contribution in [-0.4, -0.2) is 45.7 Å². The molecule has 2 atom stereocenters. The van der Waals surface area contributed by atoms with Crippen molar-refractivity contribution in [3.63, 3.8) is 0 Å². The van der Waals surface area contributed by atoms with E-state index in [-0.39, 0.29) is 59.1 Å². The van der Waals surface area contributed by atoms with Crippen LogP contribution >= 0.6 is 0 Å². The molecule has 0 spiro atoms. The molecule has 0 amide bonds. The number of nitrogens with zero attached hydrogens (tertiary/aromatic N) is 2. The molecule has 2 aliphatic heterocycles. The van der Waals surface area contributed by atoms with Crippen LogP contribution < -0.4 is 69.7 Å². The van der Waals surface area contributed by atoms with E-state index < -0.39 is 30.0 Å². The molecule has 66 heavy (non-hydrogen) atoms. The molecule has 10 rings (SSSR count). The maximum atomic E-state index is 12.3. The van der Waals surface area contributed by atoms with Gasteiger partial charge in [0.05, 0.1) is 22.4 Å². The molecule has 320 valence electrons. The second kappa shape index (κ2) is 19.0. The van der Waals surface area contributed by atoms with Crippen LogP contribution in [0.5, 0.6) is 0 Å². The number of anilines is 2. The largest absolute Gasteiger partial charge is 1.00 e. The Labute approximate surface area is 429 Å². The van der Waals surface area contributed by atoms with Crippen molar-refractivity contribution in [3.05, 3.63) is 204 Å². The first-order chi connectivity index (χ1) is 30.5. The minimum Gasteiger partial charge on any atom is -0.746 e. The molecule has 0 aliphatic carbocycles. The SMILES string of the molecule is Cc1cc(-c2ccccc2)c2ccc3c(c2n1)NC(C)(S(=O)(=O)[O-])C=C3c1ccccc1.Cc1cc(-c2ccccc2)c2ccc3c(c2n1)NC(C)(S(=O)(=O)[O-])C=C3c1ccccc1.[Na+].[Na+]. The van der Waals surface area contributed by atoms with Gasteiger partial charge in [0.25, 0.3) is 0 Å². The summed E-state index contributed by atoms with van der Waals surface area (Å²) in [5.74, 6) is 0. The summed E-state index contributed by atoms with van der Waals surface area (Å²) in [6, 6.07) is 50.9. The smallest absolute Gasteiger partial charge is 0.746 e. The van der Waals surface area contributed by atoms with Crippen LogP contribution in [0.4, 0.5) is 11.4 Å². The summed E-state index contributed by atoms with van der Waals surface area (Å²) in [4.78, 5) is 5.91. The standard InChI is InChI=1S/2C26H22N2O3S.2Na/c2*1-17-15-22(18-9-5-3-6-10-18)20-13-14-21-23(19-11-7-4-8-12-19)16-26(2,32(29,30)31)28-25(21)24(20)27-17;;/h2*3-16,28H,1-2H3,(H,29,30,31);;/q;;2*+1/p-2. The summed E-state index contributed by atoms with van der Waals surface area (Å²) in [5, 5.41) is 7.81. The summed E-state index contributed by atoms with van der Waals surface area (Å²) < 4.78 is 73.8. The first kappa shape index (κ1) is 49.0. The second-order valence-electron chi connectivity index (χ2n) is 16.3. The zero-order valence-electron chi connectivity index (χ0n) is 37.3. The van der Waals surface area contributed by atoms with Crippen molar-refractivity contribution in [3.8, 4) is 22.3 Å². The minimum atomic E-state index is -4.72. The third kappa shape index (κ3) is 9.20. The topological polar surface area (TPSA) is 164 Å². The molecule has 8 aromatic rings. The molecule has 0 saturated carbocycles. The molecule has 2 N–H and O–H groups in total. The van der Waals surface area contributed by atoms with E-state index >= 15 is 0 Å². The number of benzene rings is 6. The first-order valence-corrected chi connectivity index (χ1v) is 23.4. The first-order valence-electron chi connectivity index (χ1n) is 20.6. The van der Waals surface area contributed by atoms with Gasteiger partial charge < -0.3 is 19.7 Å². The molecule has 10 nitrogen and oxygen atoms in total. The van der Waals surface area contributed by atoms with Gasteiger partial charge in [-0.15, -0.1) is 0 Å². The molecule has 2 unspecified atom stereocenters. The molecule has 14 heteroatoms. The van der Waals surface area contributed by atoms with Gasteiger partial charge in [0.1, 0.15) is 30.0 Å². The van der Waals surface area contributed by atoms with Crippen molar-refractivity contribution in [2.75, 3.05) is 10.6 Å². The zero-order chi connectivity index (χ0) is 45.0. The van der Waals surface area contributed by atoms with Gasteiger partial charge in [0.2, 0.25) is 0 Å². The number of aryl methyl sites for hydroxylation is 2. The van der Waals surface area contributed by atoms with Gasteiger partial charge in [-0.3, -0.25) is 9.97 Å². The Balaban J connectivity index is 0.000000191. The van der Waals surface area contributed by atoms with Crippen LogP contribution in [0.1, 0.15) is 47.5 Å². The Hall–Kier alpha value is -4.96. The van der Waals surface area contributed by atoms with Crippen LogP contribution in [0.2, 0.25) is 0 Å². The molecule has 0 fully saturated rings. The van der Waals surface area contributed by atoms with Crippen LogP contribution in [0, 0.1) is 13.8 Å². The maximum absolute atomic E-state index is 12.3. The van der Waals surface area contributed by atoms with E-state index in [9.17, 15) is 25.9 Å².